The predicted octanol–water partition coefficient (Wildman–Crippen LogP) is 1.38. The van der Waals surface area contributed by atoms with Crippen LogP contribution in [0.1, 0.15) is 28.9 Å². The van der Waals surface area contributed by atoms with Crippen LogP contribution in [0.5, 0.6) is 0 Å². The summed E-state index contributed by atoms with van der Waals surface area (Å²) in [5, 5.41) is 1.73. The van der Waals surface area contributed by atoms with Gasteiger partial charge in [0.15, 0.2) is 0 Å². The molecule has 1 aromatic heterocycles. The Bertz CT molecular complexity index is 489. The molecule has 18 heavy (non-hydrogen) atoms. The zero-order valence-corrected chi connectivity index (χ0v) is 11.4. The highest BCUT2D eigenvalue weighted by Gasteiger charge is 2.24. The molecule has 1 aliphatic heterocycles. The van der Waals surface area contributed by atoms with Gasteiger partial charge in [-0.1, -0.05) is 6.07 Å². The first-order valence-corrected chi connectivity index (χ1v) is 8.30. The third-order valence-corrected chi connectivity index (χ3v) is 4.85. The number of thiophene rings is 1. The minimum atomic E-state index is -3.62. The van der Waals surface area contributed by atoms with E-state index >= 15 is 0 Å². The zero-order chi connectivity index (χ0) is 13.0. The molecule has 5 nitrogen and oxygen atoms in total. The molecule has 1 saturated heterocycles. The number of sulfonamides is 1. The lowest BCUT2D eigenvalue weighted by molar-refractivity contribution is 0.0304. The van der Waals surface area contributed by atoms with Gasteiger partial charge in [0.05, 0.1) is 16.7 Å². The van der Waals surface area contributed by atoms with Crippen molar-refractivity contribution in [2.45, 2.75) is 25.4 Å². The average Bonchev–Trinajstić information content (AvgIpc) is 2.82. The van der Waals surface area contributed by atoms with E-state index in [1.54, 1.807) is 17.5 Å². The first-order valence-electron chi connectivity index (χ1n) is 5.77. The highest BCUT2D eigenvalue weighted by atomic mass is 32.2. The van der Waals surface area contributed by atoms with Crippen LogP contribution < -0.4 is 4.72 Å². The van der Waals surface area contributed by atoms with Gasteiger partial charge in [-0.15, -0.1) is 11.3 Å². The smallest absolute Gasteiger partial charge is 0.274 e. The molecule has 1 aliphatic rings. The fraction of sp³-hybridized carbons (Fsp3) is 0.545. The van der Waals surface area contributed by atoms with Crippen LogP contribution in [0.15, 0.2) is 17.5 Å². The van der Waals surface area contributed by atoms with Crippen molar-refractivity contribution < 1.29 is 17.9 Å². The molecule has 1 N–H and O–H groups in total. The van der Waals surface area contributed by atoms with Gasteiger partial charge in [-0.2, -0.15) is 0 Å². The Morgan fingerprint density at radius 3 is 2.94 bits per heavy atom. The molecule has 0 bridgehead atoms. The molecule has 1 amide bonds. The number of nitrogens with one attached hydrogen (secondary N) is 1. The van der Waals surface area contributed by atoms with Gasteiger partial charge in [0, 0.05) is 6.61 Å². The molecule has 2 rings (SSSR count). The fourth-order valence-corrected chi connectivity index (χ4v) is 3.74. The van der Waals surface area contributed by atoms with Crippen LogP contribution in [-0.4, -0.2) is 32.8 Å². The molecule has 100 valence electrons. The summed E-state index contributed by atoms with van der Waals surface area (Å²) in [4.78, 5) is 12.0. The standard InChI is InChI=1S/C11H15NO4S2/c13-11(10-5-3-7-17-10)12-18(14,15)8-9-4-1-2-6-16-9/h3,5,7,9H,1-2,4,6,8H2,(H,12,13)/t9-/m1/s1. The summed E-state index contributed by atoms with van der Waals surface area (Å²) in [6.07, 6.45) is 2.37. The van der Waals surface area contributed by atoms with Gasteiger partial charge in [0.2, 0.25) is 10.0 Å². The Kier molecular flexibility index (Phi) is 4.36. The van der Waals surface area contributed by atoms with Gasteiger partial charge in [0.25, 0.3) is 5.91 Å². The molecule has 7 heteroatoms. The summed E-state index contributed by atoms with van der Waals surface area (Å²) in [7, 11) is -3.62. The zero-order valence-electron chi connectivity index (χ0n) is 9.79. The summed E-state index contributed by atoms with van der Waals surface area (Å²) < 4.78 is 31.0. The Balaban J connectivity index is 1.92. The van der Waals surface area contributed by atoms with E-state index in [1.807, 2.05) is 0 Å². The Morgan fingerprint density at radius 1 is 1.50 bits per heavy atom. The molecule has 0 aromatic carbocycles. The van der Waals surface area contributed by atoms with Crippen molar-refractivity contribution in [1.29, 1.82) is 0 Å². The SMILES string of the molecule is O=C(NS(=O)(=O)C[C@H]1CCCCO1)c1cccs1. The molecule has 0 unspecified atom stereocenters. The second-order valence-corrected chi connectivity index (χ2v) is 6.89. The van der Waals surface area contributed by atoms with Crippen LogP contribution in [0.2, 0.25) is 0 Å². The van der Waals surface area contributed by atoms with E-state index in [2.05, 4.69) is 4.72 Å². The lowest BCUT2D eigenvalue weighted by Gasteiger charge is -2.22. The largest absolute Gasteiger partial charge is 0.377 e. The lowest BCUT2D eigenvalue weighted by Crippen LogP contribution is -2.38. The molecular weight excluding hydrogens is 274 g/mol. The van der Waals surface area contributed by atoms with Crippen LogP contribution in [0.4, 0.5) is 0 Å². The average molecular weight is 289 g/mol. The summed E-state index contributed by atoms with van der Waals surface area (Å²) in [6, 6.07) is 3.29. The molecule has 1 atom stereocenters. The molecule has 0 saturated carbocycles. The van der Waals surface area contributed by atoms with E-state index in [9.17, 15) is 13.2 Å². The number of ether oxygens (including phenoxy) is 1. The van der Waals surface area contributed by atoms with E-state index < -0.39 is 15.9 Å². The molecule has 0 radical (unpaired) electrons. The van der Waals surface area contributed by atoms with Gasteiger partial charge in [-0.05, 0) is 30.7 Å². The normalized spacial score (nSPS) is 20.6. The Hall–Kier alpha value is -0.920. The van der Waals surface area contributed by atoms with Crippen LogP contribution in [-0.2, 0) is 14.8 Å². The summed E-state index contributed by atoms with van der Waals surface area (Å²) >= 11 is 1.21. The van der Waals surface area contributed by atoms with Crippen molar-refractivity contribution in [2.24, 2.45) is 0 Å². The maximum atomic E-state index is 11.8. The first-order chi connectivity index (χ1) is 8.57. The fourth-order valence-electron chi connectivity index (χ4n) is 1.82. The van der Waals surface area contributed by atoms with E-state index in [0.717, 1.165) is 19.3 Å². The maximum Gasteiger partial charge on any atom is 0.274 e. The number of amides is 1. The third-order valence-electron chi connectivity index (χ3n) is 2.67. The molecule has 1 aromatic rings. The van der Waals surface area contributed by atoms with Gasteiger partial charge >= 0.3 is 0 Å². The van der Waals surface area contributed by atoms with Gasteiger partial charge in [-0.25, -0.2) is 13.1 Å². The highest BCUT2D eigenvalue weighted by molar-refractivity contribution is 7.90. The quantitative estimate of drug-likeness (QED) is 0.909. The number of rotatable bonds is 4. The number of carbonyl (C=O) groups is 1. The van der Waals surface area contributed by atoms with Crippen LogP contribution in [0, 0.1) is 0 Å². The third kappa shape index (κ3) is 3.79. The Labute approximate surface area is 110 Å². The van der Waals surface area contributed by atoms with Crippen LogP contribution >= 0.6 is 11.3 Å². The second-order valence-electron chi connectivity index (χ2n) is 4.18. The molecule has 1 fully saturated rings. The van der Waals surface area contributed by atoms with E-state index in [1.165, 1.54) is 11.3 Å². The van der Waals surface area contributed by atoms with Crippen LogP contribution in [0.25, 0.3) is 0 Å². The summed E-state index contributed by atoms with van der Waals surface area (Å²) in [5.41, 5.74) is 0. The van der Waals surface area contributed by atoms with Crippen LogP contribution in [0.3, 0.4) is 0 Å². The lowest BCUT2D eigenvalue weighted by atomic mass is 10.1. The summed E-state index contributed by atoms with van der Waals surface area (Å²) in [6.45, 7) is 0.596. The maximum absolute atomic E-state index is 11.8. The van der Waals surface area contributed by atoms with E-state index in [0.29, 0.717) is 11.5 Å². The van der Waals surface area contributed by atoms with Crippen molar-refractivity contribution in [3.8, 4) is 0 Å². The monoisotopic (exact) mass is 289 g/mol. The van der Waals surface area contributed by atoms with Crippen molar-refractivity contribution in [3.05, 3.63) is 22.4 Å². The molecule has 0 spiro atoms. The van der Waals surface area contributed by atoms with E-state index in [-0.39, 0.29) is 11.9 Å². The van der Waals surface area contributed by atoms with Gasteiger partial charge in [0.1, 0.15) is 0 Å². The Morgan fingerprint density at radius 2 is 2.33 bits per heavy atom. The van der Waals surface area contributed by atoms with Crippen molar-refractivity contribution >= 4 is 27.3 Å². The minimum Gasteiger partial charge on any atom is -0.377 e. The van der Waals surface area contributed by atoms with Crippen molar-refractivity contribution in [1.82, 2.24) is 4.72 Å². The number of hydrogen-bond acceptors (Lipinski definition) is 5. The molecule has 2 heterocycles. The van der Waals surface area contributed by atoms with Gasteiger partial charge in [-0.3, -0.25) is 4.79 Å². The number of hydrogen-bond donors (Lipinski definition) is 1. The van der Waals surface area contributed by atoms with E-state index in [4.69, 9.17) is 4.74 Å². The molecule has 0 aliphatic carbocycles. The first kappa shape index (κ1) is 13.5. The number of carbonyl (C=O) groups excluding carboxylic acids is 1. The topological polar surface area (TPSA) is 72.5 Å². The summed E-state index contributed by atoms with van der Waals surface area (Å²) in [5.74, 6) is -0.717. The van der Waals surface area contributed by atoms with Gasteiger partial charge < -0.3 is 4.74 Å². The minimum absolute atomic E-state index is 0.149. The molecular formula is C11H15NO4S2. The second kappa shape index (κ2) is 5.81. The predicted molar refractivity (Wildman–Crippen MR) is 69.2 cm³/mol. The van der Waals surface area contributed by atoms with Crippen molar-refractivity contribution in [3.63, 3.8) is 0 Å². The highest BCUT2D eigenvalue weighted by Crippen LogP contribution is 2.14. The van der Waals surface area contributed by atoms with Crippen molar-refractivity contribution in [2.75, 3.05) is 12.4 Å².